The van der Waals surface area contributed by atoms with Gasteiger partial charge in [-0.2, -0.15) is 13.2 Å². The largest absolute Gasteiger partial charge is 0.493 e. The molecule has 0 bridgehead atoms. The van der Waals surface area contributed by atoms with E-state index in [0.717, 1.165) is 35.4 Å². The predicted octanol–water partition coefficient (Wildman–Crippen LogP) is 7.10. The van der Waals surface area contributed by atoms with Gasteiger partial charge in [-0.05, 0) is 76.3 Å². The van der Waals surface area contributed by atoms with E-state index in [0.29, 0.717) is 46.0 Å². The van der Waals surface area contributed by atoms with E-state index in [1.165, 1.54) is 19.4 Å². The van der Waals surface area contributed by atoms with Gasteiger partial charge in [0.1, 0.15) is 0 Å². The fourth-order valence-corrected chi connectivity index (χ4v) is 4.47. The van der Waals surface area contributed by atoms with E-state index in [4.69, 9.17) is 18.9 Å². The molecular formula is C28H27BrF3NO5. The minimum atomic E-state index is -4.46. The molecule has 0 fully saturated rings. The van der Waals surface area contributed by atoms with E-state index in [2.05, 4.69) is 21.2 Å². The molecule has 0 aliphatic heterocycles. The number of carbonyl (C=O) groups is 1. The number of allylic oxidation sites excluding steroid dienone is 1. The lowest BCUT2D eigenvalue weighted by molar-refractivity contribution is -0.137. The average molecular weight is 594 g/mol. The molecule has 1 N–H and O–H groups in total. The highest BCUT2D eigenvalue weighted by Gasteiger charge is 2.30. The highest BCUT2D eigenvalue weighted by atomic mass is 79.9. The third-order valence-electron chi connectivity index (χ3n) is 5.70. The number of ketones is 1. The van der Waals surface area contributed by atoms with Crippen molar-refractivity contribution in [1.29, 1.82) is 0 Å². The number of carbonyl (C=O) groups excluding carboxylic acids is 1. The first-order valence-corrected chi connectivity index (χ1v) is 12.2. The van der Waals surface area contributed by atoms with Crippen LogP contribution in [0.3, 0.4) is 0 Å². The van der Waals surface area contributed by atoms with Crippen molar-refractivity contribution in [3.63, 3.8) is 0 Å². The van der Waals surface area contributed by atoms with Gasteiger partial charge in [0.2, 0.25) is 5.75 Å². The summed E-state index contributed by atoms with van der Waals surface area (Å²) in [4.78, 5) is 12.4. The van der Waals surface area contributed by atoms with E-state index < -0.39 is 17.5 Å². The predicted molar refractivity (Wildman–Crippen MR) is 143 cm³/mol. The number of nitrogens with one attached hydrogen (secondary N) is 1. The number of halogens is 4. The van der Waals surface area contributed by atoms with Crippen molar-refractivity contribution < 1.29 is 36.9 Å². The molecule has 0 heterocycles. The molecule has 0 spiro atoms. The fraction of sp³-hybridized carbons (Fsp3) is 0.250. The van der Waals surface area contributed by atoms with Crippen LogP contribution >= 0.6 is 15.9 Å². The monoisotopic (exact) mass is 593 g/mol. The average Bonchev–Trinajstić information content (AvgIpc) is 2.90. The second kappa shape index (κ2) is 12.7. The summed E-state index contributed by atoms with van der Waals surface area (Å²) >= 11 is 3.52. The maximum absolute atomic E-state index is 12.8. The maximum atomic E-state index is 12.8. The lowest BCUT2D eigenvalue weighted by Gasteiger charge is -2.15. The van der Waals surface area contributed by atoms with E-state index in [1.54, 1.807) is 21.3 Å². The van der Waals surface area contributed by atoms with Crippen LogP contribution in [-0.4, -0.2) is 34.2 Å². The van der Waals surface area contributed by atoms with Gasteiger partial charge < -0.3 is 24.3 Å². The molecule has 0 radical (unpaired) electrons. The van der Waals surface area contributed by atoms with Crippen molar-refractivity contribution in [1.82, 2.24) is 0 Å². The smallest absolute Gasteiger partial charge is 0.416 e. The van der Waals surface area contributed by atoms with Gasteiger partial charge in [-0.3, -0.25) is 4.79 Å². The van der Waals surface area contributed by atoms with Crippen LogP contribution in [0.15, 0.2) is 65.3 Å². The molecule has 3 aromatic carbocycles. The quantitative estimate of drug-likeness (QED) is 0.189. The highest BCUT2D eigenvalue weighted by Crippen LogP contribution is 2.39. The van der Waals surface area contributed by atoms with Crippen LogP contribution in [0.2, 0.25) is 0 Å². The Morgan fingerprint density at radius 1 is 0.842 bits per heavy atom. The van der Waals surface area contributed by atoms with Crippen molar-refractivity contribution in [3.8, 4) is 23.0 Å². The Hall–Kier alpha value is -3.66. The van der Waals surface area contributed by atoms with Crippen LogP contribution in [0, 0.1) is 0 Å². The molecule has 0 amide bonds. The summed E-state index contributed by atoms with van der Waals surface area (Å²) in [6.07, 6.45) is -0.438. The summed E-state index contributed by atoms with van der Waals surface area (Å²) in [7, 11) is 6.21. The first kappa shape index (κ1) is 28.9. The Kier molecular flexibility index (Phi) is 9.68. The molecule has 0 unspecified atom stereocenters. The van der Waals surface area contributed by atoms with E-state index in [-0.39, 0.29) is 5.56 Å². The van der Waals surface area contributed by atoms with Crippen molar-refractivity contribution in [3.05, 3.63) is 87.5 Å². The molecule has 0 saturated heterocycles. The zero-order valence-corrected chi connectivity index (χ0v) is 22.8. The molecule has 38 heavy (non-hydrogen) atoms. The summed E-state index contributed by atoms with van der Waals surface area (Å²) in [5.41, 5.74) is 1.91. The van der Waals surface area contributed by atoms with Crippen molar-refractivity contribution in [2.45, 2.75) is 19.0 Å². The molecule has 0 atom stereocenters. The first-order valence-electron chi connectivity index (χ1n) is 11.4. The summed E-state index contributed by atoms with van der Waals surface area (Å²) in [5.74, 6) is 1.76. The van der Waals surface area contributed by atoms with Gasteiger partial charge >= 0.3 is 6.18 Å². The molecule has 202 valence electrons. The van der Waals surface area contributed by atoms with Gasteiger partial charge in [-0.15, -0.1) is 0 Å². The fourth-order valence-electron chi connectivity index (χ4n) is 3.80. The Bertz CT molecular complexity index is 1280. The van der Waals surface area contributed by atoms with Gasteiger partial charge in [-0.1, -0.05) is 12.1 Å². The van der Waals surface area contributed by atoms with Crippen LogP contribution in [0.4, 0.5) is 18.9 Å². The van der Waals surface area contributed by atoms with E-state index in [9.17, 15) is 18.0 Å². The molecule has 3 rings (SSSR count). The van der Waals surface area contributed by atoms with Gasteiger partial charge in [-0.25, -0.2) is 0 Å². The number of benzene rings is 3. The number of methoxy groups -OCH3 is 4. The second-order valence-electron chi connectivity index (χ2n) is 8.11. The Morgan fingerprint density at radius 2 is 1.39 bits per heavy atom. The van der Waals surface area contributed by atoms with E-state index >= 15 is 0 Å². The molecule has 10 heteroatoms. The molecule has 0 aliphatic carbocycles. The minimum Gasteiger partial charge on any atom is -0.493 e. The lowest BCUT2D eigenvalue weighted by Crippen LogP contribution is -2.05. The molecule has 0 aromatic heterocycles. The van der Waals surface area contributed by atoms with Crippen LogP contribution in [0.25, 0.3) is 0 Å². The standard InChI is InChI=1S/C28H27BrF3NO5/c1-35-24-15-18(16-25(36-2)27(24)38-4)6-5-17-13-21(29)26(37-3)22(14-17)33-12-11-23(34)19-7-9-20(10-8-19)28(30,31)32/h7-16,33H,5-6H2,1-4H3/b12-11-. The van der Waals surface area contributed by atoms with Crippen molar-refractivity contribution in [2.75, 3.05) is 33.8 Å². The lowest BCUT2D eigenvalue weighted by atomic mass is 10.0. The Morgan fingerprint density at radius 3 is 1.89 bits per heavy atom. The third-order valence-corrected chi connectivity index (χ3v) is 6.29. The number of hydrogen-bond acceptors (Lipinski definition) is 6. The van der Waals surface area contributed by atoms with Crippen LogP contribution in [0.5, 0.6) is 23.0 Å². The normalized spacial score (nSPS) is 11.4. The zero-order chi connectivity index (χ0) is 27.9. The summed E-state index contributed by atoms with van der Waals surface area (Å²) in [6, 6.07) is 11.7. The van der Waals surface area contributed by atoms with E-state index in [1.807, 2.05) is 24.3 Å². The second-order valence-corrected chi connectivity index (χ2v) is 8.96. The highest BCUT2D eigenvalue weighted by molar-refractivity contribution is 9.10. The first-order chi connectivity index (χ1) is 18.1. The summed E-state index contributed by atoms with van der Waals surface area (Å²) in [5, 5.41) is 3.04. The molecule has 6 nitrogen and oxygen atoms in total. The van der Waals surface area contributed by atoms with Gasteiger partial charge in [0.15, 0.2) is 23.0 Å². The minimum absolute atomic E-state index is 0.142. The number of hydrogen-bond donors (Lipinski definition) is 1. The SMILES string of the molecule is COc1cc(CCc2cc(Br)c(OC)c(N/C=C\C(=O)c3ccc(C(F)(F)F)cc3)c2)cc(OC)c1OC. The van der Waals surface area contributed by atoms with Gasteiger partial charge in [0, 0.05) is 17.8 Å². The number of alkyl halides is 3. The topological polar surface area (TPSA) is 66.0 Å². The number of rotatable bonds is 11. The van der Waals surface area contributed by atoms with Crippen molar-refractivity contribution >= 4 is 27.4 Å². The Labute approximate surface area is 227 Å². The maximum Gasteiger partial charge on any atom is 0.416 e. The summed E-state index contributed by atoms with van der Waals surface area (Å²) in [6.45, 7) is 0. The Balaban J connectivity index is 1.75. The van der Waals surface area contributed by atoms with Crippen LogP contribution in [0.1, 0.15) is 27.0 Å². The third kappa shape index (κ3) is 7.00. The van der Waals surface area contributed by atoms with Crippen molar-refractivity contribution in [2.24, 2.45) is 0 Å². The number of aryl methyl sites for hydroxylation is 2. The number of anilines is 1. The van der Waals surface area contributed by atoms with Gasteiger partial charge in [0.25, 0.3) is 0 Å². The van der Waals surface area contributed by atoms with Crippen LogP contribution in [-0.2, 0) is 19.0 Å². The van der Waals surface area contributed by atoms with Crippen LogP contribution < -0.4 is 24.3 Å². The number of ether oxygens (including phenoxy) is 4. The zero-order valence-electron chi connectivity index (χ0n) is 21.2. The molecule has 0 aliphatic rings. The summed E-state index contributed by atoms with van der Waals surface area (Å²) < 4.78 is 60.7. The molecule has 3 aromatic rings. The molecular weight excluding hydrogens is 567 g/mol. The van der Waals surface area contributed by atoms with Gasteiger partial charge in [0.05, 0.1) is 44.2 Å². The molecule has 0 saturated carbocycles.